The van der Waals surface area contributed by atoms with Gasteiger partial charge < -0.3 is 29.4 Å². The molecule has 0 spiro atoms. The van der Waals surface area contributed by atoms with Crippen LogP contribution in [0.1, 0.15) is 17.8 Å². The SMILES string of the molecule is CN=C(NCCCn1c(C)nc2ccccc21)NCCc1c(OC)cc(OC)cc1OC.I. The number of fused-ring (bicyclic) bond motifs is 1. The number of benzene rings is 2. The highest BCUT2D eigenvalue weighted by molar-refractivity contribution is 14.0. The molecule has 0 amide bonds. The highest BCUT2D eigenvalue weighted by atomic mass is 127. The molecule has 2 N–H and O–H groups in total. The second-order valence-electron chi connectivity index (χ2n) is 7.34. The van der Waals surface area contributed by atoms with Crippen molar-refractivity contribution in [3.05, 3.63) is 47.8 Å². The summed E-state index contributed by atoms with van der Waals surface area (Å²) in [5.41, 5.74) is 3.20. The van der Waals surface area contributed by atoms with Crippen molar-refractivity contribution in [3.8, 4) is 17.2 Å². The summed E-state index contributed by atoms with van der Waals surface area (Å²) in [6.07, 6.45) is 1.68. The van der Waals surface area contributed by atoms with E-state index in [-0.39, 0.29) is 24.0 Å². The van der Waals surface area contributed by atoms with Gasteiger partial charge in [0, 0.05) is 44.4 Å². The molecule has 3 rings (SSSR count). The first-order chi connectivity index (χ1) is 15.6. The molecule has 3 aromatic rings. The van der Waals surface area contributed by atoms with Crippen molar-refractivity contribution >= 4 is 41.0 Å². The molecule has 0 bridgehead atoms. The number of aryl methyl sites for hydroxylation is 2. The fourth-order valence-electron chi connectivity index (χ4n) is 3.77. The largest absolute Gasteiger partial charge is 0.496 e. The van der Waals surface area contributed by atoms with E-state index in [1.807, 2.05) is 18.2 Å². The second-order valence-corrected chi connectivity index (χ2v) is 7.34. The summed E-state index contributed by atoms with van der Waals surface area (Å²) in [7, 11) is 6.70. The van der Waals surface area contributed by atoms with Crippen molar-refractivity contribution in [3.63, 3.8) is 0 Å². The zero-order valence-electron chi connectivity index (χ0n) is 20.0. The van der Waals surface area contributed by atoms with Gasteiger partial charge in [-0.2, -0.15) is 0 Å². The molecule has 0 fully saturated rings. The summed E-state index contributed by atoms with van der Waals surface area (Å²) in [5, 5.41) is 6.74. The number of aliphatic imine (C=N–C) groups is 1. The standard InChI is InChI=1S/C24H33N5O3.HI/c1-17-28-20-9-6-7-10-21(20)29(17)14-8-12-26-24(25-2)27-13-11-19-22(31-4)15-18(30-3)16-23(19)32-5;/h6-7,9-10,15-16H,8,11-14H2,1-5H3,(H2,25,26,27);1H. The second kappa shape index (κ2) is 13.1. The number of ether oxygens (including phenoxy) is 3. The van der Waals surface area contributed by atoms with E-state index in [9.17, 15) is 0 Å². The van der Waals surface area contributed by atoms with Gasteiger partial charge in [0.2, 0.25) is 0 Å². The Bertz CT molecular complexity index is 1040. The monoisotopic (exact) mass is 567 g/mol. The number of nitrogens with one attached hydrogen (secondary N) is 2. The topological polar surface area (TPSA) is 81.9 Å². The van der Waals surface area contributed by atoms with Gasteiger partial charge >= 0.3 is 0 Å². The van der Waals surface area contributed by atoms with Crippen LogP contribution in [0.5, 0.6) is 17.2 Å². The van der Waals surface area contributed by atoms with E-state index in [0.717, 1.165) is 60.3 Å². The van der Waals surface area contributed by atoms with Gasteiger partial charge in [0.15, 0.2) is 5.96 Å². The van der Waals surface area contributed by atoms with Crippen molar-refractivity contribution < 1.29 is 14.2 Å². The number of hydrogen-bond acceptors (Lipinski definition) is 5. The van der Waals surface area contributed by atoms with E-state index in [0.29, 0.717) is 12.3 Å². The maximum Gasteiger partial charge on any atom is 0.190 e. The minimum absolute atomic E-state index is 0. The summed E-state index contributed by atoms with van der Waals surface area (Å²) in [6, 6.07) is 12.0. The molecule has 0 unspecified atom stereocenters. The lowest BCUT2D eigenvalue weighted by atomic mass is 10.1. The maximum absolute atomic E-state index is 5.53. The van der Waals surface area contributed by atoms with Gasteiger partial charge in [0.05, 0.1) is 32.4 Å². The van der Waals surface area contributed by atoms with Crippen LogP contribution >= 0.6 is 24.0 Å². The first kappa shape index (κ1) is 26.6. The van der Waals surface area contributed by atoms with Gasteiger partial charge in [-0.05, 0) is 31.9 Å². The average Bonchev–Trinajstić information content (AvgIpc) is 3.15. The molecule has 2 aromatic carbocycles. The van der Waals surface area contributed by atoms with Gasteiger partial charge in [-0.1, -0.05) is 12.1 Å². The number of rotatable bonds is 10. The van der Waals surface area contributed by atoms with E-state index < -0.39 is 0 Å². The average molecular weight is 567 g/mol. The van der Waals surface area contributed by atoms with Gasteiger partial charge in [-0.15, -0.1) is 24.0 Å². The highest BCUT2D eigenvalue weighted by Crippen LogP contribution is 2.34. The Balaban J connectivity index is 0.00000385. The van der Waals surface area contributed by atoms with Crippen LogP contribution in [0.3, 0.4) is 0 Å². The third-order valence-electron chi connectivity index (χ3n) is 5.40. The van der Waals surface area contributed by atoms with E-state index >= 15 is 0 Å². The number of guanidine groups is 1. The van der Waals surface area contributed by atoms with E-state index in [2.05, 4.69) is 50.3 Å². The van der Waals surface area contributed by atoms with Crippen LogP contribution in [-0.2, 0) is 13.0 Å². The number of methoxy groups -OCH3 is 3. The number of aromatic nitrogens is 2. The lowest BCUT2D eigenvalue weighted by molar-refractivity contribution is 0.368. The number of halogens is 1. The Labute approximate surface area is 212 Å². The van der Waals surface area contributed by atoms with Crippen LogP contribution < -0.4 is 24.8 Å². The van der Waals surface area contributed by atoms with Crippen LogP contribution in [-0.4, -0.2) is 57.0 Å². The number of imidazole rings is 1. The predicted molar refractivity (Wildman–Crippen MR) is 144 cm³/mol. The molecule has 0 aliphatic rings. The Kier molecular flexibility index (Phi) is 10.6. The molecule has 8 nitrogen and oxygen atoms in total. The first-order valence-corrected chi connectivity index (χ1v) is 10.8. The molecule has 0 saturated carbocycles. The molecule has 0 radical (unpaired) electrons. The molecule has 1 aromatic heterocycles. The van der Waals surface area contributed by atoms with Crippen LogP contribution in [0.4, 0.5) is 0 Å². The highest BCUT2D eigenvalue weighted by Gasteiger charge is 2.13. The summed E-state index contributed by atoms with van der Waals surface area (Å²) < 4.78 is 18.6. The van der Waals surface area contributed by atoms with Gasteiger partial charge in [-0.3, -0.25) is 4.99 Å². The third kappa shape index (κ3) is 6.66. The number of hydrogen-bond donors (Lipinski definition) is 2. The number of nitrogens with zero attached hydrogens (tertiary/aromatic N) is 3. The Hall–Kier alpha value is -2.69. The van der Waals surface area contributed by atoms with E-state index in [1.165, 1.54) is 5.52 Å². The minimum Gasteiger partial charge on any atom is -0.496 e. The molecule has 0 aliphatic heterocycles. The predicted octanol–water partition coefficient (Wildman–Crippen LogP) is 3.79. The van der Waals surface area contributed by atoms with E-state index in [1.54, 1.807) is 28.4 Å². The van der Waals surface area contributed by atoms with E-state index in [4.69, 9.17) is 14.2 Å². The molecule has 1 heterocycles. The van der Waals surface area contributed by atoms with Crippen molar-refractivity contribution in [2.24, 2.45) is 4.99 Å². The zero-order valence-corrected chi connectivity index (χ0v) is 22.3. The zero-order chi connectivity index (χ0) is 22.9. The molecule has 0 saturated heterocycles. The van der Waals surface area contributed by atoms with Gasteiger partial charge in [0.1, 0.15) is 23.1 Å². The Morgan fingerprint density at radius 1 is 1.00 bits per heavy atom. The fourth-order valence-corrected chi connectivity index (χ4v) is 3.77. The quantitative estimate of drug-likeness (QED) is 0.168. The molecular formula is C24H34IN5O3. The lowest BCUT2D eigenvalue weighted by Crippen LogP contribution is -2.39. The maximum atomic E-state index is 5.53. The smallest absolute Gasteiger partial charge is 0.190 e. The molecule has 180 valence electrons. The molecule has 0 aliphatic carbocycles. The van der Waals surface area contributed by atoms with Crippen LogP contribution in [0, 0.1) is 6.92 Å². The van der Waals surface area contributed by atoms with Crippen molar-refractivity contribution in [1.82, 2.24) is 20.2 Å². The summed E-state index contributed by atoms with van der Waals surface area (Å²) in [4.78, 5) is 8.96. The minimum atomic E-state index is 0. The number of para-hydroxylation sites is 2. The van der Waals surface area contributed by atoms with Gasteiger partial charge in [-0.25, -0.2) is 4.98 Å². The molecule has 9 heteroatoms. The van der Waals surface area contributed by atoms with Crippen LogP contribution in [0.15, 0.2) is 41.4 Å². The van der Waals surface area contributed by atoms with Crippen LogP contribution in [0.25, 0.3) is 11.0 Å². The van der Waals surface area contributed by atoms with Gasteiger partial charge in [0.25, 0.3) is 0 Å². The summed E-state index contributed by atoms with van der Waals surface area (Å²) >= 11 is 0. The normalized spacial score (nSPS) is 11.1. The van der Waals surface area contributed by atoms with Crippen LogP contribution in [0.2, 0.25) is 0 Å². The van der Waals surface area contributed by atoms with Crippen molar-refractivity contribution in [2.45, 2.75) is 26.3 Å². The summed E-state index contributed by atoms with van der Waals surface area (Å²) in [5.74, 6) is 4.00. The summed E-state index contributed by atoms with van der Waals surface area (Å²) in [6.45, 7) is 4.44. The Morgan fingerprint density at radius 3 is 2.30 bits per heavy atom. The Morgan fingerprint density at radius 2 is 1.67 bits per heavy atom. The third-order valence-corrected chi connectivity index (χ3v) is 5.40. The van der Waals surface area contributed by atoms with Crippen molar-refractivity contribution in [1.29, 1.82) is 0 Å². The fraction of sp³-hybridized carbons (Fsp3) is 0.417. The first-order valence-electron chi connectivity index (χ1n) is 10.8. The lowest BCUT2D eigenvalue weighted by Gasteiger charge is -2.16. The molecule has 0 atom stereocenters. The molecule has 33 heavy (non-hydrogen) atoms. The molecular weight excluding hydrogens is 533 g/mol. The van der Waals surface area contributed by atoms with Crippen molar-refractivity contribution in [2.75, 3.05) is 41.5 Å².